The number of pyridine rings is 1. The molecule has 1 aromatic carbocycles. The van der Waals surface area contributed by atoms with E-state index in [2.05, 4.69) is 4.98 Å². The standard InChI is InChI=1S/C15H11F3N2S/c1-10-5-7-11(8-6-10)13-14(21-15(16,17)18)20-9-3-2-4-12(20)19-13/h2-9H,1H3. The summed E-state index contributed by atoms with van der Waals surface area (Å²) in [7, 11) is 0. The molecule has 0 aliphatic rings. The van der Waals surface area contributed by atoms with Gasteiger partial charge in [-0.3, -0.25) is 4.40 Å². The van der Waals surface area contributed by atoms with Gasteiger partial charge in [-0.05, 0) is 19.1 Å². The fourth-order valence-corrected chi connectivity index (χ4v) is 2.81. The lowest BCUT2D eigenvalue weighted by molar-refractivity contribution is -0.0329. The molecule has 3 aromatic rings. The Morgan fingerprint density at radius 3 is 2.43 bits per heavy atom. The first-order chi connectivity index (χ1) is 9.94. The predicted molar refractivity (Wildman–Crippen MR) is 77.3 cm³/mol. The summed E-state index contributed by atoms with van der Waals surface area (Å²) in [6, 6.07) is 12.4. The van der Waals surface area contributed by atoms with E-state index in [4.69, 9.17) is 0 Å². The largest absolute Gasteiger partial charge is 0.447 e. The van der Waals surface area contributed by atoms with Crippen molar-refractivity contribution >= 4 is 17.4 Å². The molecular formula is C15H11F3N2S. The number of fused-ring (bicyclic) bond motifs is 1. The van der Waals surface area contributed by atoms with Crippen LogP contribution in [0.25, 0.3) is 16.9 Å². The highest BCUT2D eigenvalue weighted by Gasteiger charge is 2.33. The van der Waals surface area contributed by atoms with E-state index in [9.17, 15) is 13.2 Å². The molecule has 6 heteroatoms. The first-order valence-electron chi connectivity index (χ1n) is 6.24. The van der Waals surface area contributed by atoms with E-state index < -0.39 is 5.51 Å². The molecule has 2 heterocycles. The van der Waals surface area contributed by atoms with Gasteiger partial charge in [-0.2, -0.15) is 13.2 Å². The minimum absolute atomic E-state index is 0.0851. The van der Waals surface area contributed by atoms with Crippen LogP contribution < -0.4 is 0 Å². The number of imidazole rings is 1. The summed E-state index contributed by atoms with van der Waals surface area (Å²) >= 11 is -0.137. The molecule has 0 N–H and O–H groups in total. The summed E-state index contributed by atoms with van der Waals surface area (Å²) in [4.78, 5) is 4.34. The van der Waals surface area contributed by atoms with Crippen molar-refractivity contribution in [3.63, 3.8) is 0 Å². The van der Waals surface area contributed by atoms with Gasteiger partial charge in [0.2, 0.25) is 0 Å². The number of nitrogens with zero attached hydrogens (tertiary/aromatic N) is 2. The highest BCUT2D eigenvalue weighted by atomic mass is 32.2. The van der Waals surface area contributed by atoms with Gasteiger partial charge in [0, 0.05) is 23.5 Å². The fourth-order valence-electron chi connectivity index (χ4n) is 2.08. The molecule has 0 radical (unpaired) electrons. The monoisotopic (exact) mass is 308 g/mol. The van der Waals surface area contributed by atoms with Crippen LogP contribution in [0.2, 0.25) is 0 Å². The lowest BCUT2D eigenvalue weighted by Crippen LogP contribution is -2.01. The summed E-state index contributed by atoms with van der Waals surface area (Å²) in [5.41, 5.74) is -1.78. The van der Waals surface area contributed by atoms with E-state index in [1.54, 1.807) is 36.5 Å². The van der Waals surface area contributed by atoms with Gasteiger partial charge < -0.3 is 0 Å². The zero-order valence-electron chi connectivity index (χ0n) is 11.1. The number of benzene rings is 1. The van der Waals surface area contributed by atoms with E-state index >= 15 is 0 Å². The number of halogens is 3. The molecule has 2 aromatic heterocycles. The second kappa shape index (κ2) is 5.11. The molecule has 0 saturated carbocycles. The minimum atomic E-state index is -4.36. The first kappa shape index (κ1) is 14.0. The van der Waals surface area contributed by atoms with Gasteiger partial charge in [0.15, 0.2) is 0 Å². The Hall–Kier alpha value is -1.95. The molecule has 0 bridgehead atoms. The molecule has 0 fully saturated rings. The third-order valence-electron chi connectivity index (χ3n) is 3.02. The Morgan fingerprint density at radius 1 is 1.05 bits per heavy atom. The third kappa shape index (κ3) is 2.90. The quantitative estimate of drug-likeness (QED) is 0.625. The number of alkyl halides is 3. The SMILES string of the molecule is Cc1ccc(-c2nc3ccccn3c2SC(F)(F)F)cc1. The van der Waals surface area contributed by atoms with Crippen LogP contribution in [0, 0.1) is 6.92 Å². The first-order valence-corrected chi connectivity index (χ1v) is 7.05. The zero-order chi connectivity index (χ0) is 15.0. The molecule has 0 atom stereocenters. The number of hydrogen-bond acceptors (Lipinski definition) is 2. The maximum atomic E-state index is 12.8. The van der Waals surface area contributed by atoms with Crippen molar-refractivity contribution in [1.29, 1.82) is 0 Å². The van der Waals surface area contributed by atoms with Gasteiger partial charge in [0.1, 0.15) is 16.4 Å². The van der Waals surface area contributed by atoms with Crippen molar-refractivity contribution in [2.24, 2.45) is 0 Å². The normalized spacial score (nSPS) is 12.0. The van der Waals surface area contributed by atoms with Crippen molar-refractivity contribution in [3.05, 3.63) is 54.2 Å². The molecule has 0 amide bonds. The van der Waals surface area contributed by atoms with Crippen LogP contribution in [0.5, 0.6) is 0 Å². The van der Waals surface area contributed by atoms with Gasteiger partial charge in [0.25, 0.3) is 0 Å². The third-order valence-corrected chi connectivity index (χ3v) is 3.84. The lowest BCUT2D eigenvalue weighted by atomic mass is 10.1. The van der Waals surface area contributed by atoms with E-state index in [1.165, 1.54) is 4.40 Å². The Balaban J connectivity index is 2.21. The van der Waals surface area contributed by atoms with Gasteiger partial charge in [-0.1, -0.05) is 35.9 Å². The smallest absolute Gasteiger partial charge is 0.294 e. The van der Waals surface area contributed by atoms with Crippen LogP contribution in [-0.2, 0) is 0 Å². The van der Waals surface area contributed by atoms with E-state index in [-0.39, 0.29) is 16.8 Å². The van der Waals surface area contributed by atoms with Gasteiger partial charge in [-0.15, -0.1) is 0 Å². The predicted octanol–water partition coefficient (Wildman–Crippen LogP) is 4.92. The topological polar surface area (TPSA) is 17.3 Å². The van der Waals surface area contributed by atoms with Crippen molar-refractivity contribution in [3.8, 4) is 11.3 Å². The summed E-state index contributed by atoms with van der Waals surface area (Å²) in [5.74, 6) is 0. The van der Waals surface area contributed by atoms with Gasteiger partial charge >= 0.3 is 5.51 Å². The second-order valence-corrected chi connectivity index (χ2v) is 5.66. The highest BCUT2D eigenvalue weighted by Crippen LogP contribution is 2.41. The van der Waals surface area contributed by atoms with Crippen LogP contribution >= 0.6 is 11.8 Å². The molecule has 0 saturated heterocycles. The van der Waals surface area contributed by atoms with E-state index in [0.29, 0.717) is 16.9 Å². The summed E-state index contributed by atoms with van der Waals surface area (Å²) < 4.78 is 40.0. The van der Waals surface area contributed by atoms with Crippen LogP contribution in [-0.4, -0.2) is 14.9 Å². The second-order valence-electron chi connectivity index (χ2n) is 4.61. The van der Waals surface area contributed by atoms with Crippen molar-refractivity contribution in [2.75, 3.05) is 0 Å². The Labute approximate surface area is 123 Å². The van der Waals surface area contributed by atoms with Gasteiger partial charge in [-0.25, -0.2) is 4.98 Å². The molecule has 21 heavy (non-hydrogen) atoms. The molecule has 0 aliphatic heterocycles. The molecule has 108 valence electrons. The summed E-state index contributed by atoms with van der Waals surface area (Å²) in [6.45, 7) is 1.93. The van der Waals surface area contributed by atoms with Crippen molar-refractivity contribution in [2.45, 2.75) is 17.5 Å². The lowest BCUT2D eigenvalue weighted by Gasteiger charge is -2.07. The number of aromatic nitrogens is 2. The number of rotatable bonds is 2. The number of aryl methyl sites for hydroxylation is 1. The van der Waals surface area contributed by atoms with Crippen LogP contribution in [0.1, 0.15) is 5.56 Å². The Bertz CT molecular complexity index is 776. The van der Waals surface area contributed by atoms with Crippen LogP contribution in [0.4, 0.5) is 13.2 Å². The molecule has 0 unspecified atom stereocenters. The summed E-state index contributed by atoms with van der Waals surface area (Å²) in [6.07, 6.45) is 1.59. The average molecular weight is 308 g/mol. The maximum Gasteiger partial charge on any atom is 0.447 e. The van der Waals surface area contributed by atoms with Crippen molar-refractivity contribution in [1.82, 2.24) is 9.38 Å². The van der Waals surface area contributed by atoms with Gasteiger partial charge in [0.05, 0.1) is 0 Å². The summed E-state index contributed by atoms with van der Waals surface area (Å²) in [5, 5.41) is 0.0851. The van der Waals surface area contributed by atoms with Crippen molar-refractivity contribution < 1.29 is 13.2 Å². The maximum absolute atomic E-state index is 12.8. The van der Waals surface area contributed by atoms with Crippen LogP contribution in [0.15, 0.2) is 53.7 Å². The number of thioether (sulfide) groups is 1. The van der Waals surface area contributed by atoms with E-state index in [1.807, 2.05) is 19.1 Å². The zero-order valence-corrected chi connectivity index (χ0v) is 11.9. The Morgan fingerprint density at radius 2 is 1.76 bits per heavy atom. The number of hydrogen-bond donors (Lipinski definition) is 0. The molecule has 3 rings (SSSR count). The highest BCUT2D eigenvalue weighted by molar-refractivity contribution is 8.00. The molecular weight excluding hydrogens is 297 g/mol. The molecule has 0 aliphatic carbocycles. The Kier molecular flexibility index (Phi) is 3.41. The van der Waals surface area contributed by atoms with E-state index in [0.717, 1.165) is 5.56 Å². The average Bonchev–Trinajstić information content (AvgIpc) is 2.77. The molecule has 0 spiro atoms. The van der Waals surface area contributed by atoms with Crippen LogP contribution in [0.3, 0.4) is 0 Å². The minimum Gasteiger partial charge on any atom is -0.294 e. The molecule has 2 nitrogen and oxygen atoms in total. The fraction of sp³-hybridized carbons (Fsp3) is 0.133.